The average Bonchev–Trinajstić information content (AvgIpc) is 2.83. The minimum absolute atomic E-state index is 0.0700. The topological polar surface area (TPSA) is 66.6 Å². The van der Waals surface area contributed by atoms with Crippen LogP contribution in [0.4, 0.5) is 0 Å². The zero-order valence-electron chi connectivity index (χ0n) is 11.3. The van der Waals surface area contributed by atoms with Crippen LogP contribution in [0, 0.1) is 0 Å². The van der Waals surface area contributed by atoms with Gasteiger partial charge in [0.2, 0.25) is 5.91 Å². The van der Waals surface area contributed by atoms with Gasteiger partial charge in [-0.2, -0.15) is 0 Å². The van der Waals surface area contributed by atoms with Crippen molar-refractivity contribution in [3.63, 3.8) is 0 Å². The summed E-state index contributed by atoms with van der Waals surface area (Å²) in [5, 5.41) is 12.8. The molecule has 0 unspecified atom stereocenters. The molecule has 5 nitrogen and oxygen atoms in total. The normalized spacial score (nSPS) is 22.9. The second kappa shape index (κ2) is 5.63. The highest BCUT2D eigenvalue weighted by molar-refractivity contribution is 5.78. The third kappa shape index (κ3) is 2.82. The maximum atomic E-state index is 12.0. The van der Waals surface area contributed by atoms with Crippen LogP contribution in [-0.2, 0) is 11.2 Å². The van der Waals surface area contributed by atoms with E-state index in [0.29, 0.717) is 0 Å². The molecule has 2 N–H and O–H groups in total. The number of hydrogen-bond acceptors (Lipinski definition) is 3. The van der Waals surface area contributed by atoms with Gasteiger partial charge >= 0.3 is 0 Å². The van der Waals surface area contributed by atoms with Crippen LogP contribution in [0.2, 0.25) is 0 Å². The Morgan fingerprint density at radius 3 is 3.05 bits per heavy atom. The molecule has 0 bridgehead atoms. The molecule has 106 valence electrons. The van der Waals surface area contributed by atoms with Crippen molar-refractivity contribution in [3.05, 3.63) is 36.3 Å². The van der Waals surface area contributed by atoms with Gasteiger partial charge in [-0.3, -0.25) is 4.79 Å². The number of imidazole rings is 1. The predicted octanol–water partition coefficient (Wildman–Crippen LogP) is 1.30. The fraction of sp³-hybridized carbons (Fsp3) is 0.467. The first kappa shape index (κ1) is 13.1. The lowest BCUT2D eigenvalue weighted by molar-refractivity contribution is -0.122. The summed E-state index contributed by atoms with van der Waals surface area (Å²) in [6.45, 7) is 0. The Kier molecular flexibility index (Phi) is 3.69. The van der Waals surface area contributed by atoms with Gasteiger partial charge in [0.05, 0.1) is 24.3 Å². The molecule has 1 aliphatic carbocycles. The van der Waals surface area contributed by atoms with E-state index in [1.54, 1.807) is 0 Å². The van der Waals surface area contributed by atoms with E-state index in [1.165, 1.54) is 0 Å². The number of carbonyl (C=O) groups is 1. The number of aliphatic hydroxyl groups is 1. The molecule has 1 fully saturated rings. The van der Waals surface area contributed by atoms with Crippen LogP contribution in [0.5, 0.6) is 0 Å². The summed E-state index contributed by atoms with van der Waals surface area (Å²) in [5.41, 5.74) is 1.59. The number of nitrogens with zero attached hydrogens (tertiary/aromatic N) is 2. The number of fused-ring (bicyclic) bond motifs is 1. The van der Waals surface area contributed by atoms with Gasteiger partial charge in [0.25, 0.3) is 0 Å². The number of pyridine rings is 1. The quantitative estimate of drug-likeness (QED) is 0.885. The molecule has 1 amide bonds. The molecule has 1 saturated carbocycles. The number of aliphatic hydroxyl groups excluding tert-OH is 1. The van der Waals surface area contributed by atoms with Crippen LogP contribution in [0.1, 0.15) is 31.4 Å². The van der Waals surface area contributed by atoms with E-state index < -0.39 is 6.10 Å². The van der Waals surface area contributed by atoms with Crippen molar-refractivity contribution in [1.29, 1.82) is 0 Å². The van der Waals surface area contributed by atoms with E-state index >= 15 is 0 Å². The molecule has 0 spiro atoms. The summed E-state index contributed by atoms with van der Waals surface area (Å²) in [6.07, 6.45) is 7.37. The zero-order valence-corrected chi connectivity index (χ0v) is 11.3. The van der Waals surface area contributed by atoms with Crippen molar-refractivity contribution in [2.24, 2.45) is 0 Å². The molecule has 20 heavy (non-hydrogen) atoms. The van der Waals surface area contributed by atoms with Crippen LogP contribution in [0.15, 0.2) is 30.6 Å². The second-order valence-electron chi connectivity index (χ2n) is 5.40. The lowest BCUT2D eigenvalue weighted by Gasteiger charge is -2.28. The van der Waals surface area contributed by atoms with Gasteiger partial charge in [-0.05, 0) is 25.0 Å². The van der Waals surface area contributed by atoms with Crippen LogP contribution in [0.25, 0.3) is 5.65 Å². The van der Waals surface area contributed by atoms with Crippen molar-refractivity contribution < 1.29 is 9.90 Å². The van der Waals surface area contributed by atoms with E-state index in [-0.39, 0.29) is 18.4 Å². The van der Waals surface area contributed by atoms with E-state index in [0.717, 1.165) is 37.0 Å². The van der Waals surface area contributed by atoms with Crippen molar-refractivity contribution >= 4 is 11.6 Å². The summed E-state index contributed by atoms with van der Waals surface area (Å²) < 4.78 is 1.90. The second-order valence-corrected chi connectivity index (χ2v) is 5.40. The first-order valence-corrected chi connectivity index (χ1v) is 7.12. The van der Waals surface area contributed by atoms with Crippen LogP contribution >= 0.6 is 0 Å². The largest absolute Gasteiger partial charge is 0.391 e. The molecular formula is C15H19N3O2. The molecule has 3 rings (SSSR count). The molecule has 5 heteroatoms. The Labute approximate surface area is 117 Å². The molecule has 2 atom stereocenters. The number of aromatic nitrogens is 2. The third-order valence-corrected chi connectivity index (χ3v) is 3.83. The van der Waals surface area contributed by atoms with Gasteiger partial charge in [0, 0.05) is 12.4 Å². The maximum absolute atomic E-state index is 12.0. The fourth-order valence-electron chi connectivity index (χ4n) is 2.77. The first-order chi connectivity index (χ1) is 9.72. The molecule has 0 aromatic carbocycles. The third-order valence-electron chi connectivity index (χ3n) is 3.83. The maximum Gasteiger partial charge on any atom is 0.226 e. The first-order valence-electron chi connectivity index (χ1n) is 7.12. The van der Waals surface area contributed by atoms with Crippen LogP contribution in [0.3, 0.4) is 0 Å². The fourth-order valence-corrected chi connectivity index (χ4v) is 2.77. The van der Waals surface area contributed by atoms with Crippen molar-refractivity contribution in [2.45, 2.75) is 44.2 Å². The van der Waals surface area contributed by atoms with Gasteiger partial charge in [0.1, 0.15) is 5.65 Å². The number of nitrogens with one attached hydrogen (secondary N) is 1. The Morgan fingerprint density at radius 2 is 2.25 bits per heavy atom. The van der Waals surface area contributed by atoms with Gasteiger partial charge in [-0.15, -0.1) is 0 Å². The van der Waals surface area contributed by atoms with Crippen molar-refractivity contribution in [3.8, 4) is 0 Å². The van der Waals surface area contributed by atoms with Crippen LogP contribution < -0.4 is 5.32 Å². The highest BCUT2D eigenvalue weighted by atomic mass is 16.3. The van der Waals surface area contributed by atoms with Crippen LogP contribution in [-0.4, -0.2) is 32.5 Å². The number of rotatable bonds is 3. The lowest BCUT2D eigenvalue weighted by Crippen LogP contribution is -2.45. The Balaban J connectivity index is 1.63. The molecule has 0 aliphatic heterocycles. The summed E-state index contributed by atoms with van der Waals surface area (Å²) >= 11 is 0. The monoisotopic (exact) mass is 273 g/mol. The van der Waals surface area contributed by atoms with E-state index in [4.69, 9.17) is 0 Å². The molecule has 2 aromatic rings. The smallest absolute Gasteiger partial charge is 0.226 e. The standard InChI is InChI=1S/C15H19N3O2/c19-13-6-2-1-5-12(13)17-15(20)9-11-10-18-8-4-3-7-14(18)16-11/h3-4,7-8,10,12-13,19H,1-2,5-6,9H2,(H,17,20)/t12-,13-/m1/s1. The lowest BCUT2D eigenvalue weighted by atomic mass is 9.92. The molecular weight excluding hydrogens is 254 g/mol. The number of carbonyl (C=O) groups excluding carboxylic acids is 1. The van der Waals surface area contributed by atoms with Crippen molar-refractivity contribution in [2.75, 3.05) is 0 Å². The van der Waals surface area contributed by atoms with Gasteiger partial charge in [0.15, 0.2) is 0 Å². The molecule has 2 heterocycles. The molecule has 1 aliphatic rings. The van der Waals surface area contributed by atoms with Crippen molar-refractivity contribution in [1.82, 2.24) is 14.7 Å². The van der Waals surface area contributed by atoms with Gasteiger partial charge in [-0.1, -0.05) is 18.9 Å². The molecule has 2 aromatic heterocycles. The summed E-state index contributed by atoms with van der Waals surface area (Å²) in [4.78, 5) is 16.4. The number of hydrogen-bond donors (Lipinski definition) is 2. The number of amides is 1. The van der Waals surface area contributed by atoms with E-state index in [2.05, 4.69) is 10.3 Å². The van der Waals surface area contributed by atoms with Gasteiger partial charge in [-0.25, -0.2) is 4.98 Å². The highest BCUT2D eigenvalue weighted by Gasteiger charge is 2.24. The Hall–Kier alpha value is -1.88. The highest BCUT2D eigenvalue weighted by Crippen LogP contribution is 2.18. The minimum atomic E-state index is -0.409. The predicted molar refractivity (Wildman–Crippen MR) is 75.3 cm³/mol. The van der Waals surface area contributed by atoms with E-state index in [1.807, 2.05) is 35.0 Å². The molecule has 0 radical (unpaired) electrons. The summed E-state index contributed by atoms with van der Waals surface area (Å²) in [7, 11) is 0. The molecule has 0 saturated heterocycles. The Morgan fingerprint density at radius 1 is 1.40 bits per heavy atom. The zero-order chi connectivity index (χ0) is 13.9. The Bertz CT molecular complexity index is 575. The SMILES string of the molecule is O=C(Cc1cn2ccccc2n1)N[C@@H]1CCCC[C@H]1O. The summed E-state index contributed by atoms with van der Waals surface area (Å²) in [5.74, 6) is -0.0700. The minimum Gasteiger partial charge on any atom is -0.391 e. The van der Waals surface area contributed by atoms with E-state index in [9.17, 15) is 9.90 Å². The van der Waals surface area contributed by atoms with Gasteiger partial charge < -0.3 is 14.8 Å². The summed E-state index contributed by atoms with van der Waals surface area (Å²) in [6, 6.07) is 5.65. The average molecular weight is 273 g/mol.